The maximum atomic E-state index is 9.06. The highest BCUT2D eigenvalue weighted by Crippen LogP contribution is 2.28. The second-order valence-corrected chi connectivity index (χ2v) is 3.96. The molecule has 0 saturated carbocycles. The monoisotopic (exact) mass is 251 g/mol. The van der Waals surface area contributed by atoms with Crippen LogP contribution in [0.2, 0.25) is 0 Å². The molecule has 0 spiro atoms. The number of benzene rings is 1. The Hall–Kier alpha value is -1.99. The molecule has 0 aliphatic rings. The van der Waals surface area contributed by atoms with E-state index in [1.54, 1.807) is 6.07 Å². The number of rotatable bonds is 5. The molecule has 0 bridgehead atoms. The Morgan fingerprint density at radius 3 is 2.50 bits per heavy atom. The Kier molecular flexibility index (Phi) is 3.54. The van der Waals surface area contributed by atoms with Gasteiger partial charge in [-0.3, -0.25) is 0 Å². The molecule has 0 radical (unpaired) electrons. The van der Waals surface area contributed by atoms with Gasteiger partial charge in [0.25, 0.3) is 0 Å². The fourth-order valence-electron chi connectivity index (χ4n) is 2.01. The first kappa shape index (κ1) is 12.5. The first-order valence-electron chi connectivity index (χ1n) is 5.66. The van der Waals surface area contributed by atoms with Crippen LogP contribution in [0.5, 0.6) is 0 Å². The molecule has 1 aromatic heterocycles. The van der Waals surface area contributed by atoms with Crippen LogP contribution in [0.25, 0.3) is 11.0 Å². The maximum Gasteiger partial charge on any atom is 0.116 e. The van der Waals surface area contributed by atoms with E-state index in [1.807, 2.05) is 11.0 Å². The smallest absolute Gasteiger partial charge is 0.116 e. The number of fused-ring (bicyclic) bond motifs is 1. The molecule has 7 heteroatoms. The third-order valence-corrected chi connectivity index (χ3v) is 2.81. The normalized spacial score (nSPS) is 11.0. The van der Waals surface area contributed by atoms with Crippen LogP contribution in [-0.4, -0.2) is 46.2 Å². The van der Waals surface area contributed by atoms with Gasteiger partial charge < -0.3 is 26.7 Å². The Balaban J connectivity index is 2.52. The fraction of sp³-hybridized carbons (Fsp3) is 0.364. The highest BCUT2D eigenvalue weighted by atomic mass is 16.3. The van der Waals surface area contributed by atoms with Crippen molar-refractivity contribution in [3.8, 4) is 0 Å². The minimum atomic E-state index is -0.00476. The molecule has 2 aromatic rings. The summed E-state index contributed by atoms with van der Waals surface area (Å²) < 4.78 is 1.37. The van der Waals surface area contributed by atoms with Crippen LogP contribution < -0.4 is 16.5 Å². The third-order valence-electron chi connectivity index (χ3n) is 2.81. The summed E-state index contributed by atoms with van der Waals surface area (Å²) in [5.74, 6) is 5.75. The number of aliphatic hydroxyl groups is 2. The molecule has 0 atom stereocenters. The zero-order valence-electron chi connectivity index (χ0n) is 9.95. The van der Waals surface area contributed by atoms with Crippen LogP contribution in [0.4, 0.5) is 11.4 Å². The molecule has 7 nitrogen and oxygen atoms in total. The number of nitrogen functional groups attached to an aromatic ring is 2. The van der Waals surface area contributed by atoms with E-state index >= 15 is 0 Å². The standard InChI is InChI=1S/C11H17N5O2/c12-8-1-2-9(15(3-5-17)4-6-18)10-11(8)16(13)7-14-10/h1-2,7,17-18H,3-6,12-13H2. The molecule has 1 heterocycles. The molecule has 2 rings (SSSR count). The number of hydrogen-bond acceptors (Lipinski definition) is 6. The first-order chi connectivity index (χ1) is 8.69. The molecule has 1 aromatic carbocycles. The number of nitrogens with zero attached hydrogens (tertiary/aromatic N) is 3. The average molecular weight is 251 g/mol. The Morgan fingerprint density at radius 2 is 1.89 bits per heavy atom. The molecule has 0 unspecified atom stereocenters. The van der Waals surface area contributed by atoms with Gasteiger partial charge in [0, 0.05) is 13.1 Å². The minimum Gasteiger partial charge on any atom is -0.397 e. The molecule has 98 valence electrons. The molecule has 0 fully saturated rings. The summed E-state index contributed by atoms with van der Waals surface area (Å²) in [6.07, 6.45) is 1.49. The van der Waals surface area contributed by atoms with Gasteiger partial charge in [0.15, 0.2) is 0 Å². The van der Waals surface area contributed by atoms with Crippen molar-refractivity contribution in [2.45, 2.75) is 0 Å². The number of anilines is 2. The van der Waals surface area contributed by atoms with Crippen LogP contribution in [-0.2, 0) is 0 Å². The van der Waals surface area contributed by atoms with Gasteiger partial charge in [-0.1, -0.05) is 0 Å². The second-order valence-electron chi connectivity index (χ2n) is 3.96. The lowest BCUT2D eigenvalue weighted by Crippen LogP contribution is -2.29. The van der Waals surface area contributed by atoms with Gasteiger partial charge in [-0.25, -0.2) is 9.66 Å². The van der Waals surface area contributed by atoms with Crippen molar-refractivity contribution in [3.63, 3.8) is 0 Å². The Morgan fingerprint density at radius 1 is 1.22 bits per heavy atom. The lowest BCUT2D eigenvalue weighted by Gasteiger charge is -2.23. The summed E-state index contributed by atoms with van der Waals surface area (Å²) in [6.45, 7) is 0.818. The largest absolute Gasteiger partial charge is 0.397 e. The van der Waals surface area contributed by atoms with Gasteiger partial charge in [-0.15, -0.1) is 0 Å². The van der Waals surface area contributed by atoms with E-state index in [0.717, 1.165) is 5.69 Å². The van der Waals surface area contributed by atoms with Crippen molar-refractivity contribution < 1.29 is 10.2 Å². The third kappa shape index (κ3) is 2.05. The van der Waals surface area contributed by atoms with E-state index in [-0.39, 0.29) is 13.2 Å². The van der Waals surface area contributed by atoms with Gasteiger partial charge in [0.05, 0.1) is 24.6 Å². The van der Waals surface area contributed by atoms with Crippen molar-refractivity contribution in [1.29, 1.82) is 0 Å². The second kappa shape index (κ2) is 5.11. The van der Waals surface area contributed by atoms with Gasteiger partial charge in [0.1, 0.15) is 17.4 Å². The number of nitrogens with two attached hydrogens (primary N) is 2. The SMILES string of the molecule is Nc1ccc(N(CCO)CCO)c2ncn(N)c12. The van der Waals surface area contributed by atoms with Crippen LogP contribution >= 0.6 is 0 Å². The van der Waals surface area contributed by atoms with E-state index in [4.69, 9.17) is 21.8 Å². The molecule has 18 heavy (non-hydrogen) atoms. The molecule has 6 N–H and O–H groups in total. The molecular weight excluding hydrogens is 234 g/mol. The summed E-state index contributed by atoms with van der Waals surface area (Å²) in [7, 11) is 0. The predicted octanol–water partition coefficient (Wildman–Crippen LogP) is -0.877. The number of aliphatic hydroxyl groups excluding tert-OH is 2. The highest BCUT2D eigenvalue weighted by Gasteiger charge is 2.14. The molecule has 0 amide bonds. The van der Waals surface area contributed by atoms with Gasteiger partial charge in [0.2, 0.25) is 0 Å². The molecule has 0 saturated heterocycles. The lowest BCUT2D eigenvalue weighted by atomic mass is 10.2. The summed E-state index contributed by atoms with van der Waals surface area (Å²) in [4.78, 5) is 6.06. The van der Waals surface area contributed by atoms with Crippen LogP contribution in [0.3, 0.4) is 0 Å². The van der Waals surface area contributed by atoms with E-state index in [1.165, 1.54) is 11.0 Å². The average Bonchev–Trinajstić information content (AvgIpc) is 2.73. The minimum absolute atomic E-state index is 0.00476. The Bertz CT molecular complexity index is 533. The predicted molar refractivity (Wildman–Crippen MR) is 70.7 cm³/mol. The van der Waals surface area contributed by atoms with Gasteiger partial charge in [-0.05, 0) is 12.1 Å². The zero-order chi connectivity index (χ0) is 13.1. The summed E-state index contributed by atoms with van der Waals surface area (Å²) >= 11 is 0. The van der Waals surface area contributed by atoms with Crippen molar-refractivity contribution >= 4 is 22.4 Å². The highest BCUT2D eigenvalue weighted by molar-refractivity contribution is 5.96. The topological polar surface area (TPSA) is 114 Å². The lowest BCUT2D eigenvalue weighted by molar-refractivity contribution is 0.281. The summed E-state index contributed by atoms with van der Waals surface area (Å²) in [6, 6.07) is 3.56. The van der Waals surface area contributed by atoms with E-state index in [9.17, 15) is 0 Å². The number of hydrogen-bond donors (Lipinski definition) is 4. The quantitative estimate of drug-likeness (QED) is 0.405. The van der Waals surface area contributed by atoms with E-state index in [0.29, 0.717) is 29.8 Å². The van der Waals surface area contributed by atoms with Gasteiger partial charge in [-0.2, -0.15) is 0 Å². The fourth-order valence-corrected chi connectivity index (χ4v) is 2.01. The van der Waals surface area contributed by atoms with Gasteiger partial charge >= 0.3 is 0 Å². The first-order valence-corrected chi connectivity index (χ1v) is 5.66. The van der Waals surface area contributed by atoms with Crippen molar-refractivity contribution in [2.75, 3.05) is 42.8 Å². The van der Waals surface area contributed by atoms with E-state index < -0.39 is 0 Å². The van der Waals surface area contributed by atoms with Crippen molar-refractivity contribution in [3.05, 3.63) is 18.5 Å². The summed E-state index contributed by atoms with van der Waals surface area (Å²) in [5, 5.41) is 18.1. The zero-order valence-corrected chi connectivity index (χ0v) is 9.95. The number of imidazole rings is 1. The van der Waals surface area contributed by atoms with E-state index in [2.05, 4.69) is 4.98 Å². The van der Waals surface area contributed by atoms with Crippen LogP contribution in [0, 0.1) is 0 Å². The molecule has 0 aliphatic carbocycles. The van der Waals surface area contributed by atoms with Crippen LogP contribution in [0.1, 0.15) is 0 Å². The number of aromatic nitrogens is 2. The van der Waals surface area contributed by atoms with Crippen molar-refractivity contribution in [2.24, 2.45) is 0 Å². The van der Waals surface area contributed by atoms with Crippen LogP contribution in [0.15, 0.2) is 18.5 Å². The van der Waals surface area contributed by atoms with Crippen molar-refractivity contribution in [1.82, 2.24) is 9.66 Å². The summed E-state index contributed by atoms with van der Waals surface area (Å²) in [5.41, 5.74) is 8.51. The Labute approximate surface area is 104 Å². The maximum absolute atomic E-state index is 9.06. The molecular formula is C11H17N5O2. The molecule has 0 aliphatic heterocycles.